The number of hydrogen-bond donors (Lipinski definition) is 0. The number of benzene rings is 1. The van der Waals surface area contributed by atoms with Crippen LogP contribution in [0.3, 0.4) is 0 Å². The summed E-state index contributed by atoms with van der Waals surface area (Å²) in [6, 6.07) is 4.71. The Hall–Kier alpha value is -1.30. The van der Waals surface area contributed by atoms with Crippen LogP contribution in [0.1, 0.15) is 81.0 Å². The first-order chi connectivity index (χ1) is 10.8. The number of aryl methyl sites for hydroxylation is 1. The highest BCUT2D eigenvalue weighted by Crippen LogP contribution is 2.34. The fourth-order valence-corrected chi connectivity index (χ4v) is 3.38. The van der Waals surface area contributed by atoms with Gasteiger partial charge in [0.15, 0.2) is 0 Å². The molecule has 0 saturated carbocycles. The summed E-state index contributed by atoms with van der Waals surface area (Å²) in [6.07, 6.45) is 18.1. The normalized spacial score (nSPS) is 13.1. The molecule has 0 unspecified atom stereocenters. The summed E-state index contributed by atoms with van der Waals surface area (Å²) in [5.74, 6) is 0. The second kappa shape index (κ2) is 8.98. The predicted molar refractivity (Wildman–Crippen MR) is 99.1 cm³/mol. The summed E-state index contributed by atoms with van der Waals surface area (Å²) in [4.78, 5) is 0. The number of rotatable bonds is 10. The van der Waals surface area contributed by atoms with Crippen LogP contribution >= 0.6 is 0 Å². The molecule has 2 rings (SSSR count). The Labute approximate surface area is 137 Å². The van der Waals surface area contributed by atoms with Crippen LogP contribution in [0.2, 0.25) is 0 Å². The summed E-state index contributed by atoms with van der Waals surface area (Å²) in [6.45, 7) is 8.44. The molecule has 1 aromatic carbocycles. The fraction of sp³-hybridized carbons (Fsp3) is 0.500. The van der Waals surface area contributed by atoms with Crippen molar-refractivity contribution in [3.8, 4) is 0 Å². The van der Waals surface area contributed by atoms with Crippen molar-refractivity contribution in [3.05, 3.63) is 59.0 Å². The van der Waals surface area contributed by atoms with Gasteiger partial charge in [-0.1, -0.05) is 69.4 Å². The molecule has 1 radical (unpaired) electrons. The molecule has 0 fully saturated rings. The predicted octanol–water partition coefficient (Wildman–Crippen LogP) is 6.68. The highest BCUT2D eigenvalue weighted by molar-refractivity contribution is 5.73. The van der Waals surface area contributed by atoms with E-state index < -0.39 is 0 Å². The molecule has 0 heteroatoms. The molecule has 0 aliphatic heterocycles. The van der Waals surface area contributed by atoms with Gasteiger partial charge >= 0.3 is 0 Å². The van der Waals surface area contributed by atoms with Gasteiger partial charge in [0, 0.05) is 6.42 Å². The molecule has 0 spiro atoms. The van der Waals surface area contributed by atoms with Gasteiger partial charge < -0.3 is 0 Å². The van der Waals surface area contributed by atoms with Gasteiger partial charge in [-0.25, -0.2) is 0 Å². The van der Waals surface area contributed by atoms with Crippen molar-refractivity contribution >= 4 is 6.08 Å². The zero-order valence-electron chi connectivity index (χ0n) is 14.5. The zero-order chi connectivity index (χ0) is 15.8. The van der Waals surface area contributed by atoms with Crippen LogP contribution in [0.25, 0.3) is 6.08 Å². The topological polar surface area (TPSA) is 0 Å². The molecule has 0 heterocycles. The van der Waals surface area contributed by atoms with Crippen molar-refractivity contribution in [3.63, 3.8) is 0 Å². The van der Waals surface area contributed by atoms with Crippen LogP contribution in [0, 0.1) is 6.42 Å². The number of allylic oxidation sites excluding steroid dienone is 2. The van der Waals surface area contributed by atoms with Gasteiger partial charge in [0.25, 0.3) is 0 Å². The SMILES string of the molecule is C=CCC1=Cc2c(ccc(CCCCC)c2CCCCC)[CH]1. The number of unbranched alkanes of at least 4 members (excludes halogenated alkanes) is 4. The molecule has 1 aromatic rings. The largest absolute Gasteiger partial charge is 0.103 e. The van der Waals surface area contributed by atoms with E-state index in [0.29, 0.717) is 0 Å². The molecule has 22 heavy (non-hydrogen) atoms. The van der Waals surface area contributed by atoms with E-state index in [2.05, 4.69) is 45.1 Å². The highest BCUT2D eigenvalue weighted by atomic mass is 14.2. The lowest BCUT2D eigenvalue weighted by atomic mass is 9.91. The van der Waals surface area contributed by atoms with Gasteiger partial charge in [-0.2, -0.15) is 0 Å². The van der Waals surface area contributed by atoms with Crippen LogP contribution in [-0.2, 0) is 12.8 Å². The standard InChI is InChI=1S/C22H31/c1-4-7-9-12-19-14-15-20-16-18(11-6-3)17-22(20)21(19)13-10-8-5-2/h6,14-17H,3-5,7-13H2,1-2H3. The average molecular weight is 295 g/mol. The van der Waals surface area contributed by atoms with Gasteiger partial charge in [-0.15, -0.1) is 6.58 Å². The fourth-order valence-electron chi connectivity index (χ4n) is 3.38. The van der Waals surface area contributed by atoms with Gasteiger partial charge in [-0.05, 0) is 54.4 Å². The molecule has 1 aliphatic rings. The lowest BCUT2D eigenvalue weighted by molar-refractivity contribution is 0.693. The molecule has 0 amide bonds. The minimum atomic E-state index is 0.980. The Morgan fingerprint density at radius 1 is 0.955 bits per heavy atom. The molecule has 119 valence electrons. The first kappa shape index (κ1) is 17.1. The minimum Gasteiger partial charge on any atom is -0.103 e. The van der Waals surface area contributed by atoms with Crippen molar-refractivity contribution in [1.82, 2.24) is 0 Å². The summed E-state index contributed by atoms with van der Waals surface area (Å²) < 4.78 is 0. The van der Waals surface area contributed by atoms with Gasteiger partial charge in [-0.3, -0.25) is 0 Å². The molecule has 0 saturated heterocycles. The van der Waals surface area contributed by atoms with E-state index in [-0.39, 0.29) is 0 Å². The van der Waals surface area contributed by atoms with Gasteiger partial charge in [0.1, 0.15) is 0 Å². The zero-order valence-corrected chi connectivity index (χ0v) is 14.5. The Morgan fingerprint density at radius 2 is 1.68 bits per heavy atom. The Kier molecular flexibility index (Phi) is 6.96. The van der Waals surface area contributed by atoms with Crippen molar-refractivity contribution < 1.29 is 0 Å². The lowest BCUT2D eigenvalue weighted by Crippen LogP contribution is -2.00. The van der Waals surface area contributed by atoms with E-state index in [4.69, 9.17) is 0 Å². The number of fused-ring (bicyclic) bond motifs is 1. The lowest BCUT2D eigenvalue weighted by Gasteiger charge is -2.14. The maximum atomic E-state index is 3.88. The van der Waals surface area contributed by atoms with Crippen LogP contribution in [0.5, 0.6) is 0 Å². The molecule has 0 N–H and O–H groups in total. The van der Waals surface area contributed by atoms with Crippen LogP contribution in [0.15, 0.2) is 30.4 Å². The van der Waals surface area contributed by atoms with Gasteiger partial charge in [0.05, 0.1) is 0 Å². The van der Waals surface area contributed by atoms with Gasteiger partial charge in [0.2, 0.25) is 0 Å². The molecule has 0 nitrogen and oxygen atoms in total. The second-order valence-electron chi connectivity index (χ2n) is 6.48. The maximum absolute atomic E-state index is 3.88. The third-order valence-electron chi connectivity index (χ3n) is 4.62. The van der Waals surface area contributed by atoms with Crippen molar-refractivity contribution in [2.24, 2.45) is 0 Å². The first-order valence-electron chi connectivity index (χ1n) is 9.11. The average Bonchev–Trinajstić information content (AvgIpc) is 2.92. The van der Waals surface area contributed by atoms with E-state index in [1.165, 1.54) is 68.1 Å². The Morgan fingerprint density at radius 3 is 2.36 bits per heavy atom. The summed E-state index contributed by atoms with van der Waals surface area (Å²) in [7, 11) is 0. The molecule has 0 bridgehead atoms. The van der Waals surface area contributed by atoms with E-state index in [9.17, 15) is 0 Å². The molecular weight excluding hydrogens is 264 g/mol. The van der Waals surface area contributed by atoms with E-state index in [0.717, 1.165) is 6.42 Å². The third kappa shape index (κ3) is 4.35. The quantitative estimate of drug-likeness (QED) is 0.334. The maximum Gasteiger partial charge on any atom is 0.0167 e. The van der Waals surface area contributed by atoms with Crippen molar-refractivity contribution in [2.75, 3.05) is 0 Å². The smallest absolute Gasteiger partial charge is 0.0167 e. The summed E-state index contributed by atoms with van der Waals surface area (Å²) >= 11 is 0. The Bertz CT molecular complexity index is 519. The second-order valence-corrected chi connectivity index (χ2v) is 6.48. The highest BCUT2D eigenvalue weighted by Gasteiger charge is 2.17. The monoisotopic (exact) mass is 295 g/mol. The van der Waals surface area contributed by atoms with Crippen molar-refractivity contribution in [2.45, 2.75) is 71.6 Å². The molecule has 0 aromatic heterocycles. The summed E-state index contributed by atoms with van der Waals surface area (Å²) in [5.41, 5.74) is 7.54. The van der Waals surface area contributed by atoms with E-state index in [1.807, 2.05) is 6.08 Å². The minimum absolute atomic E-state index is 0.980. The molecule has 1 aliphatic carbocycles. The van der Waals surface area contributed by atoms with E-state index in [1.54, 1.807) is 11.1 Å². The van der Waals surface area contributed by atoms with Crippen LogP contribution in [-0.4, -0.2) is 0 Å². The first-order valence-corrected chi connectivity index (χ1v) is 9.11. The Balaban J connectivity index is 2.22. The molecule has 0 atom stereocenters. The van der Waals surface area contributed by atoms with Crippen LogP contribution < -0.4 is 0 Å². The van der Waals surface area contributed by atoms with Crippen molar-refractivity contribution in [1.29, 1.82) is 0 Å². The van der Waals surface area contributed by atoms with Crippen LogP contribution in [0.4, 0.5) is 0 Å². The third-order valence-corrected chi connectivity index (χ3v) is 4.62. The molecular formula is C22H31. The van der Waals surface area contributed by atoms with E-state index >= 15 is 0 Å². The number of hydrogen-bond acceptors (Lipinski definition) is 0. The summed E-state index contributed by atoms with van der Waals surface area (Å²) in [5, 5.41) is 0.